The SMILES string of the molecule is C=C(NC(C)c1cccc(F)c1)/C(=C/C)c1cc(-c2ccn3nc(/C=C/C)nc3c2)ccc1C. The van der Waals surface area contributed by atoms with Crippen molar-refractivity contribution in [3.8, 4) is 11.1 Å². The molecule has 0 bridgehead atoms. The number of hydrogen-bond acceptors (Lipinski definition) is 3. The van der Waals surface area contributed by atoms with Gasteiger partial charge in [-0.3, -0.25) is 0 Å². The van der Waals surface area contributed by atoms with Gasteiger partial charge in [0.25, 0.3) is 0 Å². The molecular weight excluding hydrogens is 423 g/mol. The summed E-state index contributed by atoms with van der Waals surface area (Å²) >= 11 is 0. The quantitative estimate of drug-likeness (QED) is 0.303. The van der Waals surface area contributed by atoms with Gasteiger partial charge in [0.2, 0.25) is 0 Å². The van der Waals surface area contributed by atoms with Crippen LogP contribution in [-0.2, 0) is 0 Å². The Hall–Kier alpha value is -3.99. The Bertz CT molecular complexity index is 1410. The van der Waals surface area contributed by atoms with Crippen molar-refractivity contribution >= 4 is 17.3 Å². The molecular formula is C29H29FN4. The molecule has 1 N–H and O–H groups in total. The molecule has 0 aliphatic heterocycles. The maximum Gasteiger partial charge on any atom is 0.174 e. The smallest absolute Gasteiger partial charge is 0.174 e. The predicted molar refractivity (Wildman–Crippen MR) is 139 cm³/mol. The summed E-state index contributed by atoms with van der Waals surface area (Å²) in [5, 5.41) is 7.90. The van der Waals surface area contributed by atoms with E-state index in [-0.39, 0.29) is 11.9 Å². The van der Waals surface area contributed by atoms with E-state index in [0.29, 0.717) is 5.82 Å². The molecule has 5 heteroatoms. The van der Waals surface area contributed by atoms with E-state index in [0.717, 1.165) is 44.7 Å². The molecule has 1 atom stereocenters. The highest BCUT2D eigenvalue weighted by atomic mass is 19.1. The average molecular weight is 453 g/mol. The van der Waals surface area contributed by atoms with Crippen molar-refractivity contribution in [2.24, 2.45) is 0 Å². The van der Waals surface area contributed by atoms with Gasteiger partial charge in [-0.1, -0.05) is 43.0 Å². The Morgan fingerprint density at radius 3 is 2.62 bits per heavy atom. The molecule has 172 valence electrons. The van der Waals surface area contributed by atoms with Crippen LogP contribution in [0.3, 0.4) is 0 Å². The van der Waals surface area contributed by atoms with Crippen molar-refractivity contribution in [2.45, 2.75) is 33.7 Å². The first-order valence-corrected chi connectivity index (χ1v) is 11.4. The van der Waals surface area contributed by atoms with Gasteiger partial charge in [0, 0.05) is 23.5 Å². The average Bonchev–Trinajstić information content (AvgIpc) is 3.22. The standard InChI is InChI=1S/C29H29FN4/c1-6-9-28-32-29-18-24(14-15-34(29)33-28)23-13-12-19(3)27(17-23)26(7-2)21(5)31-20(4)22-10-8-11-25(30)16-22/h6-18,20,31H,5H2,1-4H3/b9-6+,26-7-. The van der Waals surface area contributed by atoms with Crippen LogP contribution in [0.25, 0.3) is 28.4 Å². The first kappa shape index (κ1) is 23.2. The van der Waals surface area contributed by atoms with Gasteiger partial charge in [0.05, 0.1) is 0 Å². The number of aromatic nitrogens is 3. The monoisotopic (exact) mass is 452 g/mol. The normalized spacial score (nSPS) is 12.9. The number of hydrogen-bond donors (Lipinski definition) is 1. The highest BCUT2D eigenvalue weighted by Crippen LogP contribution is 2.31. The second-order valence-electron chi connectivity index (χ2n) is 8.32. The van der Waals surface area contributed by atoms with Crippen LogP contribution in [0.5, 0.6) is 0 Å². The van der Waals surface area contributed by atoms with Crippen molar-refractivity contribution in [1.29, 1.82) is 0 Å². The van der Waals surface area contributed by atoms with Gasteiger partial charge >= 0.3 is 0 Å². The van der Waals surface area contributed by atoms with Gasteiger partial charge < -0.3 is 5.32 Å². The van der Waals surface area contributed by atoms with Crippen molar-refractivity contribution < 1.29 is 4.39 Å². The molecule has 4 rings (SSSR count). The molecule has 0 radical (unpaired) electrons. The lowest BCUT2D eigenvalue weighted by molar-refractivity contribution is 0.612. The summed E-state index contributed by atoms with van der Waals surface area (Å²) in [6.07, 6.45) is 7.81. The van der Waals surface area contributed by atoms with Crippen LogP contribution in [0, 0.1) is 12.7 Å². The summed E-state index contributed by atoms with van der Waals surface area (Å²) in [6.45, 7) is 12.4. The summed E-state index contributed by atoms with van der Waals surface area (Å²) in [6, 6.07) is 17.1. The summed E-state index contributed by atoms with van der Waals surface area (Å²) in [4.78, 5) is 4.58. The van der Waals surface area contributed by atoms with Gasteiger partial charge in [-0.05, 0) is 91.9 Å². The van der Waals surface area contributed by atoms with Crippen LogP contribution in [0.15, 0.2) is 85.2 Å². The fourth-order valence-electron chi connectivity index (χ4n) is 4.08. The number of pyridine rings is 1. The molecule has 0 aliphatic carbocycles. The fourth-order valence-corrected chi connectivity index (χ4v) is 4.08. The molecule has 0 aliphatic rings. The molecule has 0 spiro atoms. The van der Waals surface area contributed by atoms with E-state index >= 15 is 0 Å². The minimum Gasteiger partial charge on any atom is -0.379 e. The third-order valence-electron chi connectivity index (χ3n) is 5.88. The topological polar surface area (TPSA) is 42.2 Å². The van der Waals surface area contributed by atoms with Gasteiger partial charge in [-0.15, -0.1) is 5.10 Å². The first-order valence-electron chi connectivity index (χ1n) is 11.4. The van der Waals surface area contributed by atoms with Gasteiger partial charge in [-0.2, -0.15) is 0 Å². The van der Waals surface area contributed by atoms with Crippen molar-refractivity contribution in [2.75, 3.05) is 0 Å². The molecule has 2 heterocycles. The minimum atomic E-state index is -0.242. The van der Waals surface area contributed by atoms with Crippen molar-refractivity contribution in [3.63, 3.8) is 0 Å². The van der Waals surface area contributed by atoms with E-state index in [2.05, 4.69) is 53.2 Å². The molecule has 0 amide bonds. The Kier molecular flexibility index (Phi) is 6.73. The molecule has 4 nitrogen and oxygen atoms in total. The second-order valence-corrected chi connectivity index (χ2v) is 8.32. The first-order chi connectivity index (χ1) is 16.4. The third-order valence-corrected chi connectivity index (χ3v) is 5.88. The lowest BCUT2D eigenvalue weighted by atomic mass is 9.93. The van der Waals surface area contributed by atoms with E-state index in [1.807, 2.05) is 57.3 Å². The van der Waals surface area contributed by atoms with Crippen LogP contribution < -0.4 is 5.32 Å². The molecule has 0 saturated heterocycles. The highest BCUT2D eigenvalue weighted by molar-refractivity contribution is 5.82. The molecule has 0 fully saturated rings. The van der Waals surface area contributed by atoms with Gasteiger partial charge in [-0.25, -0.2) is 13.9 Å². The Morgan fingerprint density at radius 2 is 1.88 bits per heavy atom. The number of halogens is 1. The van der Waals surface area contributed by atoms with Crippen LogP contribution in [0.4, 0.5) is 4.39 Å². The van der Waals surface area contributed by atoms with Crippen LogP contribution in [0.1, 0.15) is 49.3 Å². The number of benzene rings is 2. The maximum absolute atomic E-state index is 13.7. The van der Waals surface area contributed by atoms with E-state index < -0.39 is 0 Å². The number of rotatable bonds is 7. The highest BCUT2D eigenvalue weighted by Gasteiger charge is 2.14. The summed E-state index contributed by atoms with van der Waals surface area (Å²) in [5.74, 6) is 0.448. The van der Waals surface area contributed by atoms with Gasteiger partial charge in [0.1, 0.15) is 5.82 Å². The van der Waals surface area contributed by atoms with Gasteiger partial charge in [0.15, 0.2) is 11.5 Å². The minimum absolute atomic E-state index is 0.0802. The molecule has 2 aromatic carbocycles. The summed E-state index contributed by atoms with van der Waals surface area (Å²) < 4.78 is 15.5. The van der Waals surface area contributed by atoms with E-state index in [9.17, 15) is 4.39 Å². The maximum atomic E-state index is 13.7. The number of allylic oxidation sites excluding steroid dienone is 3. The lowest BCUT2D eigenvalue weighted by Crippen LogP contribution is -2.18. The van der Waals surface area contributed by atoms with E-state index in [1.165, 1.54) is 6.07 Å². The lowest BCUT2D eigenvalue weighted by Gasteiger charge is -2.21. The number of nitrogens with one attached hydrogen (secondary N) is 1. The zero-order chi connectivity index (χ0) is 24.2. The zero-order valence-electron chi connectivity index (χ0n) is 20.0. The molecule has 34 heavy (non-hydrogen) atoms. The van der Waals surface area contributed by atoms with Crippen molar-refractivity contribution in [1.82, 2.24) is 19.9 Å². The third kappa shape index (κ3) is 4.84. The molecule has 0 saturated carbocycles. The second kappa shape index (κ2) is 9.87. The van der Waals surface area contributed by atoms with Crippen molar-refractivity contribution in [3.05, 3.63) is 114 Å². The molecule has 4 aromatic rings. The Morgan fingerprint density at radius 1 is 1.09 bits per heavy atom. The molecule has 2 aromatic heterocycles. The summed E-state index contributed by atoms with van der Waals surface area (Å²) in [5.41, 5.74) is 7.89. The van der Waals surface area contributed by atoms with Crippen LogP contribution in [0.2, 0.25) is 0 Å². The number of nitrogens with zero attached hydrogens (tertiary/aromatic N) is 3. The Labute approximate surface area is 200 Å². The van der Waals surface area contributed by atoms with Crippen LogP contribution in [-0.4, -0.2) is 14.6 Å². The zero-order valence-corrected chi connectivity index (χ0v) is 20.0. The largest absolute Gasteiger partial charge is 0.379 e. The number of aryl methyl sites for hydroxylation is 1. The predicted octanol–water partition coefficient (Wildman–Crippen LogP) is 7.14. The van der Waals surface area contributed by atoms with E-state index in [4.69, 9.17) is 0 Å². The summed E-state index contributed by atoms with van der Waals surface area (Å²) in [7, 11) is 0. The van der Waals surface area contributed by atoms with Crippen LogP contribution >= 0.6 is 0 Å². The molecule has 1 unspecified atom stereocenters. The van der Waals surface area contributed by atoms with E-state index in [1.54, 1.807) is 16.6 Å². The fraction of sp³-hybridized carbons (Fsp3) is 0.172. The Balaban J connectivity index is 1.63. The number of fused-ring (bicyclic) bond motifs is 1.